The second kappa shape index (κ2) is 3.09. The molecule has 0 aromatic carbocycles. The van der Waals surface area contributed by atoms with Gasteiger partial charge >= 0.3 is 0 Å². The summed E-state index contributed by atoms with van der Waals surface area (Å²) < 4.78 is 0. The van der Waals surface area contributed by atoms with Gasteiger partial charge in [0.1, 0.15) is 11.6 Å². The highest BCUT2D eigenvalue weighted by Gasteiger charge is 2.46. The van der Waals surface area contributed by atoms with Crippen LogP contribution >= 0.6 is 0 Å². The number of rotatable bonds is 2. The van der Waals surface area contributed by atoms with Gasteiger partial charge in [-0.05, 0) is 33.1 Å². The molecular weight excluding hydrogens is 164 g/mol. The van der Waals surface area contributed by atoms with Crippen LogP contribution in [0.3, 0.4) is 0 Å². The van der Waals surface area contributed by atoms with Crippen molar-refractivity contribution in [2.45, 2.75) is 33.6 Å². The van der Waals surface area contributed by atoms with Gasteiger partial charge in [0, 0.05) is 6.42 Å². The molecule has 0 aromatic heterocycles. The van der Waals surface area contributed by atoms with Gasteiger partial charge in [-0.15, -0.1) is 0 Å². The standard InChI is InChI=1S/C11H16O2/c1-7(2)9-5-10(13)11(4,6-9)8(3)12/h9H,1,5-6H2,2-4H3/t9-,11+/m1/s1. The van der Waals surface area contributed by atoms with E-state index in [1.165, 1.54) is 6.92 Å². The number of carbonyl (C=O) groups is 2. The molecular formula is C11H16O2. The van der Waals surface area contributed by atoms with Crippen molar-refractivity contribution in [1.82, 2.24) is 0 Å². The molecule has 0 saturated heterocycles. The zero-order valence-corrected chi connectivity index (χ0v) is 8.52. The van der Waals surface area contributed by atoms with E-state index < -0.39 is 5.41 Å². The van der Waals surface area contributed by atoms with Crippen LogP contribution in [-0.2, 0) is 9.59 Å². The van der Waals surface area contributed by atoms with Crippen LogP contribution in [0.2, 0.25) is 0 Å². The van der Waals surface area contributed by atoms with Crippen LogP contribution in [0.1, 0.15) is 33.6 Å². The first kappa shape index (κ1) is 10.2. The SMILES string of the molecule is C=C(C)[C@@H]1CC(=O)[C@](C)(C(C)=O)C1. The van der Waals surface area contributed by atoms with E-state index in [4.69, 9.17) is 0 Å². The van der Waals surface area contributed by atoms with Crippen molar-refractivity contribution in [2.24, 2.45) is 11.3 Å². The molecule has 0 spiro atoms. The first-order valence-electron chi connectivity index (χ1n) is 4.57. The van der Waals surface area contributed by atoms with Crippen LogP contribution < -0.4 is 0 Å². The lowest BCUT2D eigenvalue weighted by Crippen LogP contribution is -2.29. The third-order valence-corrected chi connectivity index (χ3v) is 3.18. The van der Waals surface area contributed by atoms with Crippen LogP contribution in [0.5, 0.6) is 0 Å². The minimum atomic E-state index is -0.733. The van der Waals surface area contributed by atoms with E-state index in [2.05, 4.69) is 6.58 Å². The van der Waals surface area contributed by atoms with Crippen molar-refractivity contribution in [3.05, 3.63) is 12.2 Å². The molecule has 0 unspecified atom stereocenters. The van der Waals surface area contributed by atoms with Gasteiger partial charge in [-0.2, -0.15) is 0 Å². The summed E-state index contributed by atoms with van der Waals surface area (Å²) >= 11 is 0. The van der Waals surface area contributed by atoms with Crippen LogP contribution in [0.15, 0.2) is 12.2 Å². The number of allylic oxidation sites excluding steroid dienone is 1. The first-order chi connectivity index (χ1) is 5.88. The van der Waals surface area contributed by atoms with Gasteiger partial charge in [-0.3, -0.25) is 9.59 Å². The van der Waals surface area contributed by atoms with E-state index in [0.29, 0.717) is 12.8 Å². The molecule has 1 rings (SSSR count). The lowest BCUT2D eigenvalue weighted by Gasteiger charge is -2.18. The Morgan fingerprint density at radius 3 is 2.31 bits per heavy atom. The van der Waals surface area contributed by atoms with E-state index in [1.54, 1.807) is 6.92 Å². The fraction of sp³-hybridized carbons (Fsp3) is 0.636. The molecule has 1 fully saturated rings. The predicted octanol–water partition coefficient (Wildman–Crippen LogP) is 2.14. The molecule has 0 aromatic rings. The first-order valence-corrected chi connectivity index (χ1v) is 4.57. The zero-order chi connectivity index (χ0) is 10.2. The van der Waals surface area contributed by atoms with E-state index in [0.717, 1.165) is 5.57 Å². The van der Waals surface area contributed by atoms with E-state index in [9.17, 15) is 9.59 Å². The second-order valence-corrected chi connectivity index (χ2v) is 4.26. The fourth-order valence-corrected chi connectivity index (χ4v) is 1.82. The summed E-state index contributed by atoms with van der Waals surface area (Å²) in [5.74, 6) is 0.274. The van der Waals surface area contributed by atoms with E-state index in [1.807, 2.05) is 6.92 Å². The molecule has 0 N–H and O–H groups in total. The molecule has 0 radical (unpaired) electrons. The fourth-order valence-electron chi connectivity index (χ4n) is 1.82. The maximum Gasteiger partial charge on any atom is 0.146 e. The van der Waals surface area contributed by atoms with E-state index in [-0.39, 0.29) is 17.5 Å². The Labute approximate surface area is 79.0 Å². The van der Waals surface area contributed by atoms with Crippen molar-refractivity contribution >= 4 is 11.6 Å². The topological polar surface area (TPSA) is 34.1 Å². The zero-order valence-electron chi connectivity index (χ0n) is 8.52. The van der Waals surface area contributed by atoms with Gasteiger partial charge in [0.2, 0.25) is 0 Å². The Balaban J connectivity index is 2.89. The quantitative estimate of drug-likeness (QED) is 0.482. The summed E-state index contributed by atoms with van der Waals surface area (Å²) in [6.45, 7) is 9.00. The van der Waals surface area contributed by atoms with Gasteiger partial charge in [-0.25, -0.2) is 0 Å². The Hall–Kier alpha value is -0.920. The van der Waals surface area contributed by atoms with Gasteiger partial charge in [0.25, 0.3) is 0 Å². The van der Waals surface area contributed by atoms with Crippen molar-refractivity contribution in [2.75, 3.05) is 0 Å². The average Bonchev–Trinajstić information content (AvgIpc) is 2.30. The molecule has 1 aliphatic rings. The Kier molecular flexibility index (Phi) is 2.42. The predicted molar refractivity (Wildman–Crippen MR) is 51.3 cm³/mol. The third-order valence-electron chi connectivity index (χ3n) is 3.18. The highest BCUT2D eigenvalue weighted by molar-refractivity contribution is 6.07. The van der Waals surface area contributed by atoms with Crippen molar-refractivity contribution in [3.63, 3.8) is 0 Å². The highest BCUT2D eigenvalue weighted by Crippen LogP contribution is 2.41. The summed E-state index contributed by atoms with van der Waals surface area (Å²) in [5.41, 5.74) is 0.280. The van der Waals surface area contributed by atoms with Gasteiger partial charge in [0.15, 0.2) is 0 Å². The molecule has 1 aliphatic carbocycles. The van der Waals surface area contributed by atoms with Crippen molar-refractivity contribution in [3.8, 4) is 0 Å². The smallest absolute Gasteiger partial charge is 0.146 e. The number of Topliss-reactive ketones (excluding diaryl/α,β-unsaturated/α-hetero) is 2. The summed E-state index contributed by atoms with van der Waals surface area (Å²) in [5, 5.41) is 0. The molecule has 13 heavy (non-hydrogen) atoms. The second-order valence-electron chi connectivity index (χ2n) is 4.26. The summed E-state index contributed by atoms with van der Waals surface area (Å²) in [7, 11) is 0. The monoisotopic (exact) mass is 180 g/mol. The van der Waals surface area contributed by atoms with Gasteiger partial charge in [0.05, 0.1) is 5.41 Å². The summed E-state index contributed by atoms with van der Waals surface area (Å²) in [4.78, 5) is 22.9. The Morgan fingerprint density at radius 2 is 2.08 bits per heavy atom. The van der Waals surface area contributed by atoms with Crippen LogP contribution in [0, 0.1) is 11.3 Å². The minimum absolute atomic E-state index is 0.0127. The van der Waals surface area contributed by atoms with Gasteiger partial charge < -0.3 is 0 Å². The van der Waals surface area contributed by atoms with Crippen LogP contribution in [-0.4, -0.2) is 11.6 Å². The molecule has 72 valence electrons. The molecule has 0 amide bonds. The normalized spacial score (nSPS) is 33.5. The number of carbonyl (C=O) groups excluding carboxylic acids is 2. The van der Waals surface area contributed by atoms with Crippen molar-refractivity contribution < 1.29 is 9.59 Å². The maximum absolute atomic E-state index is 11.6. The Morgan fingerprint density at radius 1 is 1.54 bits per heavy atom. The third kappa shape index (κ3) is 1.58. The highest BCUT2D eigenvalue weighted by atomic mass is 16.2. The minimum Gasteiger partial charge on any atom is -0.299 e. The van der Waals surface area contributed by atoms with Crippen LogP contribution in [0.4, 0.5) is 0 Å². The lowest BCUT2D eigenvalue weighted by molar-refractivity contribution is -0.136. The summed E-state index contributed by atoms with van der Waals surface area (Å²) in [6.07, 6.45) is 1.14. The molecule has 1 saturated carbocycles. The average molecular weight is 180 g/mol. The summed E-state index contributed by atoms with van der Waals surface area (Å²) in [6, 6.07) is 0. The lowest BCUT2D eigenvalue weighted by atomic mass is 9.82. The van der Waals surface area contributed by atoms with Gasteiger partial charge in [-0.1, -0.05) is 12.2 Å². The largest absolute Gasteiger partial charge is 0.299 e. The molecule has 0 aliphatic heterocycles. The van der Waals surface area contributed by atoms with E-state index >= 15 is 0 Å². The molecule has 2 nitrogen and oxygen atoms in total. The number of hydrogen-bond donors (Lipinski definition) is 0. The number of ketones is 2. The van der Waals surface area contributed by atoms with Crippen LogP contribution in [0.25, 0.3) is 0 Å². The Bertz CT molecular complexity index is 278. The molecule has 2 heteroatoms. The number of hydrogen-bond acceptors (Lipinski definition) is 2. The maximum atomic E-state index is 11.6. The van der Waals surface area contributed by atoms with Crippen molar-refractivity contribution in [1.29, 1.82) is 0 Å². The molecule has 2 atom stereocenters. The molecule has 0 heterocycles. The molecule has 0 bridgehead atoms.